The van der Waals surface area contributed by atoms with Crippen molar-refractivity contribution in [3.63, 3.8) is 0 Å². The minimum absolute atomic E-state index is 0.0449. The normalized spacial score (nSPS) is 41.6. The van der Waals surface area contributed by atoms with Gasteiger partial charge in [-0.15, -0.1) is 0 Å². The van der Waals surface area contributed by atoms with Crippen LogP contribution in [0.1, 0.15) is 72.1 Å². The Balaban J connectivity index is 1.36. The second-order valence-corrected chi connectivity index (χ2v) is 14.8. The lowest BCUT2D eigenvalue weighted by Crippen LogP contribution is -2.55. The van der Waals surface area contributed by atoms with Crippen molar-refractivity contribution < 1.29 is 26.7 Å². The van der Waals surface area contributed by atoms with Crippen molar-refractivity contribution in [3.8, 4) is 0 Å². The molecule has 0 amide bonds. The number of benzene rings is 1. The molecular weight excluding hydrogens is 485 g/mol. The Kier molecular flexibility index (Phi) is 6.27. The Morgan fingerprint density at radius 1 is 1.03 bits per heavy atom. The summed E-state index contributed by atoms with van der Waals surface area (Å²) in [7, 11) is -3.36. The fraction of sp³-hybridized carbons (Fsp3) is 0.724. The number of rotatable bonds is 4. The van der Waals surface area contributed by atoms with Crippen molar-refractivity contribution in [2.24, 2.45) is 40.4 Å². The van der Waals surface area contributed by atoms with Gasteiger partial charge in [0.15, 0.2) is 15.4 Å². The van der Waals surface area contributed by atoms with Gasteiger partial charge in [0.1, 0.15) is 0 Å². The van der Waals surface area contributed by atoms with E-state index in [1.165, 1.54) is 0 Å². The molecule has 3 nitrogen and oxygen atoms in total. The van der Waals surface area contributed by atoms with Gasteiger partial charge < -0.3 is 5.11 Å². The van der Waals surface area contributed by atoms with Crippen molar-refractivity contribution in [2.75, 3.05) is 5.75 Å². The number of sulfone groups is 1. The van der Waals surface area contributed by atoms with Crippen molar-refractivity contribution in [2.45, 2.75) is 88.8 Å². The van der Waals surface area contributed by atoms with E-state index in [0.29, 0.717) is 35.0 Å². The van der Waals surface area contributed by atoms with E-state index >= 15 is 0 Å². The van der Waals surface area contributed by atoms with E-state index in [0.717, 1.165) is 37.7 Å². The zero-order valence-electron chi connectivity index (χ0n) is 21.5. The number of alkyl halides is 3. The molecule has 0 aromatic heterocycles. The monoisotopic (exact) mass is 524 g/mol. The van der Waals surface area contributed by atoms with E-state index in [2.05, 4.69) is 20.8 Å². The molecule has 200 valence electrons. The van der Waals surface area contributed by atoms with Crippen molar-refractivity contribution >= 4 is 9.84 Å². The van der Waals surface area contributed by atoms with Crippen LogP contribution in [0.3, 0.4) is 0 Å². The van der Waals surface area contributed by atoms with Crippen molar-refractivity contribution in [1.29, 1.82) is 0 Å². The summed E-state index contributed by atoms with van der Waals surface area (Å²) >= 11 is 0. The van der Waals surface area contributed by atoms with Crippen molar-refractivity contribution in [1.82, 2.24) is 0 Å². The van der Waals surface area contributed by atoms with E-state index in [4.69, 9.17) is 0 Å². The Labute approximate surface area is 213 Å². The van der Waals surface area contributed by atoms with Gasteiger partial charge in [-0.25, -0.2) is 8.42 Å². The van der Waals surface area contributed by atoms with Gasteiger partial charge in [0.05, 0.1) is 10.6 Å². The Hall–Kier alpha value is -1.34. The fourth-order valence-electron chi connectivity index (χ4n) is 9.05. The van der Waals surface area contributed by atoms with Crippen LogP contribution in [-0.4, -0.2) is 31.1 Å². The quantitative estimate of drug-likeness (QED) is 0.433. The smallest absolute Gasteiger partial charge is 0.380 e. The van der Waals surface area contributed by atoms with Crippen LogP contribution in [0.25, 0.3) is 0 Å². The summed E-state index contributed by atoms with van der Waals surface area (Å²) in [6.45, 7) is 6.57. The largest absolute Gasteiger partial charge is 0.417 e. The van der Waals surface area contributed by atoms with Gasteiger partial charge in [-0.2, -0.15) is 13.2 Å². The first-order valence-electron chi connectivity index (χ1n) is 13.5. The highest BCUT2D eigenvalue weighted by Gasteiger charge is 2.63. The second kappa shape index (κ2) is 8.59. The van der Waals surface area contributed by atoms with Crippen LogP contribution in [0.4, 0.5) is 13.2 Å². The summed E-state index contributed by atoms with van der Waals surface area (Å²) in [6.07, 6.45) is 2.06. The Morgan fingerprint density at radius 3 is 2.39 bits per heavy atom. The van der Waals surface area contributed by atoms with Crippen LogP contribution in [0, 0.1) is 40.4 Å². The maximum Gasteiger partial charge on any atom is 0.417 e. The predicted octanol–water partition coefficient (Wildman–Crippen LogP) is 6.97. The predicted molar refractivity (Wildman–Crippen MR) is 134 cm³/mol. The molecule has 7 heteroatoms. The summed E-state index contributed by atoms with van der Waals surface area (Å²) < 4.78 is 67.0. The maximum absolute atomic E-state index is 13.6. The molecule has 8 atom stereocenters. The molecule has 0 unspecified atom stereocenters. The minimum atomic E-state index is -4.61. The average Bonchev–Trinajstić information content (AvgIpc) is 3.16. The third-order valence-electron chi connectivity index (χ3n) is 11.0. The van der Waals surface area contributed by atoms with Crippen LogP contribution >= 0.6 is 0 Å². The molecule has 0 saturated heterocycles. The van der Waals surface area contributed by atoms with E-state index in [-0.39, 0.29) is 35.3 Å². The molecule has 0 radical (unpaired) electrons. The number of hydrogen-bond acceptors (Lipinski definition) is 3. The van der Waals surface area contributed by atoms with E-state index in [1.54, 1.807) is 24.3 Å². The van der Waals surface area contributed by atoms with Crippen LogP contribution in [0.2, 0.25) is 0 Å². The highest BCUT2D eigenvalue weighted by molar-refractivity contribution is 7.91. The number of allylic oxidation sites excluding steroid dienone is 1. The molecule has 3 saturated carbocycles. The third-order valence-corrected chi connectivity index (χ3v) is 13.0. The third kappa shape index (κ3) is 3.98. The van der Waals surface area contributed by atoms with Gasteiger partial charge in [-0.05, 0) is 97.5 Å². The summed E-state index contributed by atoms with van der Waals surface area (Å²) in [5.41, 5.74) is -2.04. The molecule has 36 heavy (non-hydrogen) atoms. The van der Waals surface area contributed by atoms with Gasteiger partial charge >= 0.3 is 6.18 Å². The Bertz CT molecular complexity index is 1130. The first-order chi connectivity index (χ1) is 16.7. The number of fused-ring (bicyclic) bond motifs is 5. The lowest BCUT2D eigenvalue weighted by molar-refractivity contribution is -0.271. The zero-order chi connectivity index (χ0) is 26.1. The number of aliphatic hydroxyl groups is 1. The second-order valence-electron chi connectivity index (χ2n) is 12.8. The van der Waals surface area contributed by atoms with Gasteiger partial charge in [-0.1, -0.05) is 50.6 Å². The van der Waals surface area contributed by atoms with Gasteiger partial charge in [0, 0.05) is 6.42 Å². The summed E-state index contributed by atoms with van der Waals surface area (Å²) in [4.78, 5) is 0.384. The average molecular weight is 525 g/mol. The van der Waals surface area contributed by atoms with Crippen molar-refractivity contribution in [3.05, 3.63) is 42.0 Å². The molecule has 4 aliphatic carbocycles. The van der Waals surface area contributed by atoms with Crippen LogP contribution in [0.15, 0.2) is 46.9 Å². The molecular formula is C29H39F3O3S. The summed E-state index contributed by atoms with van der Waals surface area (Å²) in [5, 5.41) is 10.4. The first kappa shape index (κ1) is 26.3. The van der Waals surface area contributed by atoms with E-state index < -0.39 is 21.6 Å². The highest BCUT2D eigenvalue weighted by Crippen LogP contribution is 2.68. The van der Waals surface area contributed by atoms with E-state index in [1.807, 2.05) is 12.1 Å². The summed E-state index contributed by atoms with van der Waals surface area (Å²) in [5.74, 6) is 1.72. The molecule has 3 fully saturated rings. The van der Waals surface area contributed by atoms with Crippen LogP contribution in [-0.2, 0) is 9.84 Å². The topological polar surface area (TPSA) is 54.4 Å². The number of halogens is 3. The molecule has 1 aromatic carbocycles. The molecule has 0 heterocycles. The van der Waals surface area contributed by atoms with E-state index in [9.17, 15) is 26.7 Å². The molecule has 0 aliphatic heterocycles. The lowest BCUT2D eigenvalue weighted by Gasteiger charge is -2.59. The molecule has 1 aromatic rings. The first-order valence-corrected chi connectivity index (χ1v) is 15.1. The highest BCUT2D eigenvalue weighted by atomic mass is 32.2. The molecule has 0 bridgehead atoms. The van der Waals surface area contributed by atoms with Gasteiger partial charge in [-0.3, -0.25) is 0 Å². The SMILES string of the molecule is C[C@H](CS(=O)(=O)c1ccccc1)[C@H]1CC[C@H]2[C@@H]3CC=C4C[C@](O)(C(F)(F)F)CC[C@]4(C)[C@H]3CC[C@]12C. The maximum atomic E-state index is 13.6. The molecule has 5 rings (SSSR count). The van der Waals surface area contributed by atoms with Crippen LogP contribution < -0.4 is 0 Å². The van der Waals surface area contributed by atoms with Gasteiger partial charge in [0.25, 0.3) is 0 Å². The Morgan fingerprint density at radius 2 is 1.72 bits per heavy atom. The number of hydrogen-bond donors (Lipinski definition) is 1. The molecule has 0 spiro atoms. The fourth-order valence-corrected chi connectivity index (χ4v) is 10.7. The molecule has 4 aliphatic rings. The standard InChI is InChI=1S/C29H39F3O3S/c1-19(18-36(34,35)21-7-5-4-6-8-21)23-11-12-24-22-10-9-20-17-28(33,29(30,31)32)16-15-26(20,2)25(22)13-14-27(23,24)3/h4-9,19,22-25,33H,10-18H2,1-3H3/t19-,22+,23-,24+,25+,26+,27-,28+/m1/s1. The zero-order valence-corrected chi connectivity index (χ0v) is 22.3. The van der Waals surface area contributed by atoms with Crippen LogP contribution in [0.5, 0.6) is 0 Å². The molecule has 1 N–H and O–H groups in total. The minimum Gasteiger partial charge on any atom is -0.380 e. The lowest BCUT2D eigenvalue weighted by atomic mass is 9.46. The van der Waals surface area contributed by atoms with Gasteiger partial charge in [0.2, 0.25) is 0 Å². The summed E-state index contributed by atoms with van der Waals surface area (Å²) in [6, 6.07) is 8.69.